The Morgan fingerprint density at radius 3 is 2.33 bits per heavy atom. The van der Waals surface area contributed by atoms with Gasteiger partial charge in [-0.25, -0.2) is 9.78 Å². The van der Waals surface area contributed by atoms with Crippen LogP contribution < -0.4 is 19.5 Å². The summed E-state index contributed by atoms with van der Waals surface area (Å²) in [5.74, 6) is 1.61. The number of ether oxygens (including phenoxy) is 3. The van der Waals surface area contributed by atoms with Gasteiger partial charge in [0.2, 0.25) is 5.75 Å². The van der Waals surface area contributed by atoms with Crippen LogP contribution in [0.15, 0.2) is 30.9 Å². The van der Waals surface area contributed by atoms with Gasteiger partial charge in [0.15, 0.2) is 11.5 Å². The maximum absolute atomic E-state index is 11.8. The van der Waals surface area contributed by atoms with Crippen LogP contribution in [0.4, 0.5) is 4.79 Å². The maximum atomic E-state index is 11.8. The van der Waals surface area contributed by atoms with Crippen LogP contribution in [0.25, 0.3) is 0 Å². The molecule has 0 aliphatic rings. The highest BCUT2D eigenvalue weighted by Gasteiger charge is 2.13. The van der Waals surface area contributed by atoms with Gasteiger partial charge in [-0.05, 0) is 17.7 Å². The van der Waals surface area contributed by atoms with Gasteiger partial charge >= 0.3 is 6.03 Å². The van der Waals surface area contributed by atoms with E-state index in [1.165, 1.54) is 10.9 Å². The number of nitrogens with one attached hydrogen (secondary N) is 1. The van der Waals surface area contributed by atoms with E-state index in [0.717, 1.165) is 5.56 Å². The third-order valence-corrected chi connectivity index (χ3v) is 2.91. The molecule has 21 heavy (non-hydrogen) atoms. The fourth-order valence-corrected chi connectivity index (χ4v) is 1.89. The first-order valence-electron chi connectivity index (χ1n) is 6.24. The van der Waals surface area contributed by atoms with E-state index in [2.05, 4.69) is 10.3 Å². The molecule has 0 atom stereocenters. The standard InChI is InChI=1S/C14H17N3O4/c1-19-11-6-10(7-12(20-2)13(11)21-3)8-16-14(18)17-5-4-15-9-17/h4-7,9H,8H2,1-3H3,(H,16,18). The molecule has 112 valence electrons. The normalized spacial score (nSPS) is 10.0. The van der Waals surface area contributed by atoms with Gasteiger partial charge < -0.3 is 19.5 Å². The molecule has 0 bridgehead atoms. The molecule has 0 saturated heterocycles. The quantitative estimate of drug-likeness (QED) is 0.907. The molecular formula is C14H17N3O4. The highest BCUT2D eigenvalue weighted by atomic mass is 16.5. The molecule has 1 aromatic carbocycles. The second-order valence-corrected chi connectivity index (χ2v) is 4.16. The fourth-order valence-electron chi connectivity index (χ4n) is 1.89. The minimum atomic E-state index is -0.263. The predicted molar refractivity (Wildman–Crippen MR) is 76.0 cm³/mol. The average Bonchev–Trinajstić information content (AvgIpc) is 3.05. The van der Waals surface area contributed by atoms with E-state index in [9.17, 15) is 4.79 Å². The Bertz CT molecular complexity index is 586. The summed E-state index contributed by atoms with van der Waals surface area (Å²) in [6.07, 6.45) is 4.55. The van der Waals surface area contributed by atoms with Crippen molar-refractivity contribution in [1.82, 2.24) is 14.9 Å². The zero-order chi connectivity index (χ0) is 15.2. The summed E-state index contributed by atoms with van der Waals surface area (Å²) in [5.41, 5.74) is 0.831. The fraction of sp³-hybridized carbons (Fsp3) is 0.286. The Morgan fingerprint density at radius 2 is 1.86 bits per heavy atom. The maximum Gasteiger partial charge on any atom is 0.327 e. The predicted octanol–water partition coefficient (Wildman–Crippen LogP) is 1.67. The largest absolute Gasteiger partial charge is 0.493 e. The van der Waals surface area contributed by atoms with Crippen molar-refractivity contribution in [2.45, 2.75) is 6.54 Å². The van der Waals surface area contributed by atoms with E-state index in [0.29, 0.717) is 23.8 Å². The van der Waals surface area contributed by atoms with Crippen LogP contribution in [0.5, 0.6) is 17.2 Å². The van der Waals surface area contributed by atoms with Crippen molar-refractivity contribution in [2.24, 2.45) is 0 Å². The number of amides is 1. The molecule has 1 aromatic heterocycles. The minimum absolute atomic E-state index is 0.263. The Kier molecular flexibility index (Phi) is 4.65. The van der Waals surface area contributed by atoms with Gasteiger partial charge in [-0.3, -0.25) is 4.57 Å². The Hall–Kier alpha value is -2.70. The molecule has 1 amide bonds. The Labute approximate surface area is 122 Å². The lowest BCUT2D eigenvalue weighted by Gasteiger charge is -2.14. The van der Waals surface area contributed by atoms with Crippen molar-refractivity contribution < 1.29 is 19.0 Å². The highest BCUT2D eigenvalue weighted by molar-refractivity contribution is 5.76. The third-order valence-electron chi connectivity index (χ3n) is 2.91. The number of carbonyl (C=O) groups is 1. The molecule has 0 unspecified atom stereocenters. The second kappa shape index (κ2) is 6.65. The van der Waals surface area contributed by atoms with E-state index < -0.39 is 0 Å². The van der Waals surface area contributed by atoms with E-state index >= 15 is 0 Å². The molecule has 7 nitrogen and oxygen atoms in total. The van der Waals surface area contributed by atoms with Crippen LogP contribution in [0.1, 0.15) is 5.56 Å². The van der Waals surface area contributed by atoms with Crippen molar-refractivity contribution in [1.29, 1.82) is 0 Å². The summed E-state index contributed by atoms with van der Waals surface area (Å²) in [4.78, 5) is 15.7. The second-order valence-electron chi connectivity index (χ2n) is 4.16. The Balaban J connectivity index is 2.15. The molecule has 0 fully saturated rings. The number of hydrogen-bond acceptors (Lipinski definition) is 5. The summed E-state index contributed by atoms with van der Waals surface area (Å²) < 4.78 is 17.1. The van der Waals surface area contributed by atoms with Crippen molar-refractivity contribution in [2.75, 3.05) is 21.3 Å². The molecule has 0 radical (unpaired) electrons. The van der Waals surface area contributed by atoms with E-state index in [-0.39, 0.29) is 6.03 Å². The zero-order valence-electron chi connectivity index (χ0n) is 12.1. The summed E-state index contributed by atoms with van der Waals surface area (Å²) in [6, 6.07) is 3.31. The molecule has 2 rings (SSSR count). The first-order chi connectivity index (χ1) is 10.2. The lowest BCUT2D eigenvalue weighted by atomic mass is 10.2. The molecule has 0 aliphatic carbocycles. The van der Waals surface area contributed by atoms with Crippen LogP contribution in [0.3, 0.4) is 0 Å². The SMILES string of the molecule is COc1cc(CNC(=O)n2ccnc2)cc(OC)c1OC. The van der Waals surface area contributed by atoms with Crippen molar-refractivity contribution in [3.8, 4) is 17.2 Å². The first kappa shape index (κ1) is 14.7. The van der Waals surface area contributed by atoms with Crippen LogP contribution in [-0.2, 0) is 6.54 Å². The Morgan fingerprint density at radius 1 is 1.19 bits per heavy atom. The number of imidazole rings is 1. The van der Waals surface area contributed by atoms with Crippen LogP contribution in [-0.4, -0.2) is 36.9 Å². The monoisotopic (exact) mass is 291 g/mol. The molecular weight excluding hydrogens is 274 g/mol. The summed E-state index contributed by atoms with van der Waals surface area (Å²) in [5, 5.41) is 2.77. The van der Waals surface area contributed by atoms with Crippen LogP contribution in [0.2, 0.25) is 0 Å². The van der Waals surface area contributed by atoms with Crippen molar-refractivity contribution in [3.63, 3.8) is 0 Å². The van der Waals surface area contributed by atoms with Gasteiger partial charge in [0.05, 0.1) is 21.3 Å². The molecule has 7 heteroatoms. The third kappa shape index (κ3) is 3.25. The number of rotatable bonds is 5. The topological polar surface area (TPSA) is 74.6 Å². The smallest absolute Gasteiger partial charge is 0.327 e. The number of benzene rings is 1. The molecule has 2 aromatic rings. The number of methoxy groups -OCH3 is 3. The number of nitrogens with zero attached hydrogens (tertiary/aromatic N) is 2. The van der Waals surface area contributed by atoms with Gasteiger partial charge in [-0.15, -0.1) is 0 Å². The van der Waals surface area contributed by atoms with Gasteiger partial charge in [-0.2, -0.15) is 0 Å². The highest BCUT2D eigenvalue weighted by Crippen LogP contribution is 2.38. The van der Waals surface area contributed by atoms with E-state index in [1.54, 1.807) is 45.9 Å². The van der Waals surface area contributed by atoms with Crippen LogP contribution in [0, 0.1) is 0 Å². The van der Waals surface area contributed by atoms with E-state index in [4.69, 9.17) is 14.2 Å². The zero-order valence-corrected chi connectivity index (χ0v) is 12.1. The van der Waals surface area contributed by atoms with Crippen molar-refractivity contribution >= 4 is 6.03 Å². The molecule has 1 heterocycles. The number of aromatic nitrogens is 2. The number of carbonyl (C=O) groups excluding carboxylic acids is 1. The molecule has 0 saturated carbocycles. The van der Waals surface area contributed by atoms with Gasteiger partial charge in [0.1, 0.15) is 6.33 Å². The van der Waals surface area contributed by atoms with Crippen molar-refractivity contribution in [3.05, 3.63) is 36.4 Å². The molecule has 0 spiro atoms. The average molecular weight is 291 g/mol. The summed E-state index contributed by atoms with van der Waals surface area (Å²) in [6.45, 7) is 0.327. The van der Waals surface area contributed by atoms with E-state index in [1.807, 2.05) is 0 Å². The lowest BCUT2D eigenvalue weighted by Crippen LogP contribution is -2.27. The minimum Gasteiger partial charge on any atom is -0.493 e. The molecule has 0 aliphatic heterocycles. The van der Waals surface area contributed by atoms with Crippen LogP contribution >= 0.6 is 0 Å². The summed E-state index contributed by atoms with van der Waals surface area (Å²) >= 11 is 0. The number of hydrogen-bond donors (Lipinski definition) is 1. The van der Waals surface area contributed by atoms with Gasteiger partial charge in [0, 0.05) is 18.9 Å². The first-order valence-corrected chi connectivity index (χ1v) is 6.24. The summed E-state index contributed by atoms with van der Waals surface area (Å²) in [7, 11) is 4.64. The van der Waals surface area contributed by atoms with Gasteiger partial charge in [-0.1, -0.05) is 0 Å². The molecule has 1 N–H and O–H groups in total. The van der Waals surface area contributed by atoms with Gasteiger partial charge in [0.25, 0.3) is 0 Å². The lowest BCUT2D eigenvalue weighted by molar-refractivity contribution is 0.242.